The molecular weight excluding hydrogens is 355 g/mol. The number of halogens is 1. The molecule has 1 fully saturated rings. The van der Waals surface area contributed by atoms with Crippen LogP contribution >= 0.6 is 0 Å². The van der Waals surface area contributed by atoms with Crippen LogP contribution in [0, 0.1) is 5.82 Å². The van der Waals surface area contributed by atoms with E-state index in [0.717, 1.165) is 37.9 Å². The summed E-state index contributed by atoms with van der Waals surface area (Å²) in [4.78, 5) is 23.9. The van der Waals surface area contributed by atoms with Gasteiger partial charge in [0.15, 0.2) is 5.82 Å². The Balaban J connectivity index is 1.71. The lowest BCUT2D eigenvalue weighted by atomic mass is 10.1. The van der Waals surface area contributed by atoms with Crippen LogP contribution in [0.4, 0.5) is 15.9 Å². The van der Waals surface area contributed by atoms with Gasteiger partial charge in [-0.2, -0.15) is 0 Å². The van der Waals surface area contributed by atoms with E-state index in [1.807, 2.05) is 35.2 Å². The van der Waals surface area contributed by atoms with Crippen molar-refractivity contribution in [3.05, 3.63) is 72.2 Å². The zero-order chi connectivity index (χ0) is 19.3. The van der Waals surface area contributed by atoms with Crippen molar-refractivity contribution in [1.82, 2.24) is 14.9 Å². The van der Waals surface area contributed by atoms with E-state index in [4.69, 9.17) is 0 Å². The van der Waals surface area contributed by atoms with Gasteiger partial charge in [-0.1, -0.05) is 36.4 Å². The largest absolute Gasteiger partial charge is 0.340 e. The number of hydrogen-bond donors (Lipinski definition) is 1. The number of rotatable bonds is 4. The molecule has 6 heteroatoms. The number of likely N-dealkylation sites (tertiary alicyclic amines) is 1. The van der Waals surface area contributed by atoms with Crippen LogP contribution in [0.25, 0.3) is 11.4 Å². The number of piperidine rings is 1. The molecule has 0 atom stereocenters. The SMILES string of the molecule is O=C(c1cc(Nc2cccc(F)c2)nc(-c2ccccc2)n1)N1CCCCC1. The minimum Gasteiger partial charge on any atom is -0.340 e. The zero-order valence-electron chi connectivity index (χ0n) is 15.4. The highest BCUT2D eigenvalue weighted by atomic mass is 19.1. The van der Waals surface area contributed by atoms with Crippen LogP contribution in [0.5, 0.6) is 0 Å². The molecule has 28 heavy (non-hydrogen) atoms. The average molecular weight is 376 g/mol. The van der Waals surface area contributed by atoms with Gasteiger partial charge < -0.3 is 10.2 Å². The molecule has 1 aromatic heterocycles. The Morgan fingerprint density at radius 1 is 0.929 bits per heavy atom. The Morgan fingerprint density at radius 2 is 1.71 bits per heavy atom. The van der Waals surface area contributed by atoms with Crippen LogP contribution in [-0.4, -0.2) is 33.9 Å². The van der Waals surface area contributed by atoms with E-state index in [9.17, 15) is 9.18 Å². The van der Waals surface area contributed by atoms with Crippen molar-refractivity contribution >= 4 is 17.4 Å². The number of carbonyl (C=O) groups excluding carboxylic acids is 1. The summed E-state index contributed by atoms with van der Waals surface area (Å²) >= 11 is 0. The Bertz CT molecular complexity index is 971. The molecule has 2 aromatic carbocycles. The summed E-state index contributed by atoms with van der Waals surface area (Å²) in [6, 6.07) is 17.3. The molecule has 142 valence electrons. The van der Waals surface area contributed by atoms with Gasteiger partial charge in [-0.25, -0.2) is 14.4 Å². The Morgan fingerprint density at radius 3 is 2.46 bits per heavy atom. The molecule has 0 spiro atoms. The lowest BCUT2D eigenvalue weighted by Crippen LogP contribution is -2.36. The number of aromatic nitrogens is 2. The second-order valence-corrected chi connectivity index (χ2v) is 6.82. The van der Waals surface area contributed by atoms with Gasteiger partial charge in [0.25, 0.3) is 5.91 Å². The third-order valence-corrected chi connectivity index (χ3v) is 4.72. The Hall–Kier alpha value is -3.28. The smallest absolute Gasteiger partial charge is 0.272 e. The molecule has 2 heterocycles. The molecule has 0 unspecified atom stereocenters. The maximum Gasteiger partial charge on any atom is 0.272 e. The van der Waals surface area contributed by atoms with E-state index in [1.54, 1.807) is 18.2 Å². The maximum atomic E-state index is 13.5. The summed E-state index contributed by atoms with van der Waals surface area (Å²) in [5, 5.41) is 3.09. The van der Waals surface area contributed by atoms with Crippen molar-refractivity contribution in [2.24, 2.45) is 0 Å². The summed E-state index contributed by atoms with van der Waals surface area (Å²) in [6.07, 6.45) is 3.17. The number of anilines is 2. The number of carbonyl (C=O) groups is 1. The fourth-order valence-corrected chi connectivity index (χ4v) is 3.31. The second-order valence-electron chi connectivity index (χ2n) is 6.82. The van der Waals surface area contributed by atoms with E-state index in [2.05, 4.69) is 15.3 Å². The molecule has 0 aliphatic carbocycles. The number of nitrogens with one attached hydrogen (secondary N) is 1. The molecule has 3 aromatic rings. The van der Waals surface area contributed by atoms with Crippen LogP contribution in [0.1, 0.15) is 29.8 Å². The molecule has 1 amide bonds. The third kappa shape index (κ3) is 4.17. The fourth-order valence-electron chi connectivity index (χ4n) is 3.31. The average Bonchev–Trinajstić information content (AvgIpc) is 2.74. The molecular formula is C22H21FN4O. The molecule has 4 rings (SSSR count). The summed E-state index contributed by atoms with van der Waals surface area (Å²) in [5.74, 6) is 0.482. The third-order valence-electron chi connectivity index (χ3n) is 4.72. The van der Waals surface area contributed by atoms with Gasteiger partial charge in [-0.15, -0.1) is 0 Å². The summed E-state index contributed by atoms with van der Waals surface area (Å²) in [5.41, 5.74) is 1.72. The summed E-state index contributed by atoms with van der Waals surface area (Å²) in [6.45, 7) is 1.49. The summed E-state index contributed by atoms with van der Waals surface area (Å²) < 4.78 is 13.5. The summed E-state index contributed by atoms with van der Waals surface area (Å²) in [7, 11) is 0. The van der Waals surface area contributed by atoms with Gasteiger partial charge in [0.05, 0.1) is 0 Å². The van der Waals surface area contributed by atoms with Crippen molar-refractivity contribution in [1.29, 1.82) is 0 Å². The van der Waals surface area contributed by atoms with Gasteiger partial charge in [-0.05, 0) is 37.5 Å². The number of hydrogen-bond acceptors (Lipinski definition) is 4. The van der Waals surface area contributed by atoms with Crippen molar-refractivity contribution in [2.75, 3.05) is 18.4 Å². The van der Waals surface area contributed by atoms with Crippen molar-refractivity contribution in [3.8, 4) is 11.4 Å². The van der Waals surface area contributed by atoms with E-state index in [0.29, 0.717) is 23.0 Å². The van der Waals surface area contributed by atoms with E-state index in [1.165, 1.54) is 12.1 Å². The van der Waals surface area contributed by atoms with Gasteiger partial charge in [0.1, 0.15) is 17.3 Å². The molecule has 5 nitrogen and oxygen atoms in total. The van der Waals surface area contributed by atoms with Crippen LogP contribution in [-0.2, 0) is 0 Å². The second kappa shape index (κ2) is 8.17. The highest BCUT2D eigenvalue weighted by Gasteiger charge is 2.21. The first-order chi connectivity index (χ1) is 13.7. The van der Waals surface area contributed by atoms with Gasteiger partial charge in [-0.3, -0.25) is 4.79 Å². The Kier molecular flexibility index (Phi) is 5.28. The normalized spacial score (nSPS) is 14.0. The molecule has 0 radical (unpaired) electrons. The van der Waals surface area contributed by atoms with Gasteiger partial charge in [0.2, 0.25) is 0 Å². The molecule has 1 aliphatic rings. The van der Waals surface area contributed by atoms with Crippen LogP contribution < -0.4 is 5.32 Å². The monoisotopic (exact) mass is 376 g/mol. The van der Waals surface area contributed by atoms with Crippen LogP contribution in [0.2, 0.25) is 0 Å². The fraction of sp³-hybridized carbons (Fsp3) is 0.227. The number of amides is 1. The first kappa shape index (κ1) is 18.1. The van der Waals surface area contributed by atoms with Gasteiger partial charge in [0, 0.05) is 30.4 Å². The van der Waals surface area contributed by atoms with E-state index >= 15 is 0 Å². The van der Waals surface area contributed by atoms with Crippen molar-refractivity contribution in [3.63, 3.8) is 0 Å². The maximum absolute atomic E-state index is 13.5. The topological polar surface area (TPSA) is 58.1 Å². The lowest BCUT2D eigenvalue weighted by Gasteiger charge is -2.26. The lowest BCUT2D eigenvalue weighted by molar-refractivity contribution is 0.0718. The van der Waals surface area contributed by atoms with E-state index in [-0.39, 0.29) is 11.7 Å². The molecule has 1 N–H and O–H groups in total. The standard InChI is InChI=1S/C22H21FN4O/c23-17-10-7-11-18(14-17)24-20-15-19(22(28)27-12-5-2-6-13-27)25-21(26-20)16-8-3-1-4-9-16/h1,3-4,7-11,14-15H,2,5-6,12-13H2,(H,24,25,26). The highest BCUT2D eigenvalue weighted by molar-refractivity contribution is 5.93. The zero-order valence-corrected chi connectivity index (χ0v) is 15.4. The number of benzene rings is 2. The van der Waals surface area contributed by atoms with Crippen molar-refractivity contribution in [2.45, 2.75) is 19.3 Å². The quantitative estimate of drug-likeness (QED) is 0.720. The first-order valence-electron chi connectivity index (χ1n) is 9.45. The Labute approximate surface area is 163 Å². The predicted octanol–water partition coefficient (Wildman–Crippen LogP) is 4.65. The minimum absolute atomic E-state index is 0.0958. The van der Waals surface area contributed by atoms with E-state index < -0.39 is 0 Å². The van der Waals surface area contributed by atoms with Gasteiger partial charge >= 0.3 is 0 Å². The van der Waals surface area contributed by atoms with Crippen molar-refractivity contribution < 1.29 is 9.18 Å². The molecule has 1 saturated heterocycles. The number of nitrogens with zero attached hydrogens (tertiary/aromatic N) is 3. The molecule has 0 bridgehead atoms. The van der Waals surface area contributed by atoms with Crippen LogP contribution in [0.3, 0.4) is 0 Å². The highest BCUT2D eigenvalue weighted by Crippen LogP contribution is 2.22. The predicted molar refractivity (Wildman–Crippen MR) is 107 cm³/mol. The van der Waals surface area contributed by atoms with Crippen LogP contribution in [0.15, 0.2) is 60.7 Å². The first-order valence-corrected chi connectivity index (χ1v) is 9.45. The molecule has 0 saturated carbocycles. The molecule has 1 aliphatic heterocycles. The minimum atomic E-state index is -0.341.